The predicted octanol–water partition coefficient (Wildman–Crippen LogP) is 2.82. The van der Waals surface area contributed by atoms with Crippen molar-refractivity contribution >= 4 is 0 Å². The summed E-state index contributed by atoms with van der Waals surface area (Å²) in [5.41, 5.74) is 0. The molecule has 0 aromatic carbocycles. The van der Waals surface area contributed by atoms with E-state index in [1.807, 2.05) is 0 Å². The van der Waals surface area contributed by atoms with Crippen LogP contribution in [0.1, 0.15) is 53.4 Å². The zero-order valence-corrected chi connectivity index (χ0v) is 14.5. The van der Waals surface area contributed by atoms with Crippen molar-refractivity contribution in [3.63, 3.8) is 0 Å². The third-order valence-corrected chi connectivity index (χ3v) is 4.56. The Morgan fingerprint density at radius 3 is 2.55 bits per heavy atom. The number of hydrogen-bond donors (Lipinski definition) is 1. The van der Waals surface area contributed by atoms with Crippen LogP contribution in [0.15, 0.2) is 0 Å². The minimum absolute atomic E-state index is 0.659. The van der Waals surface area contributed by atoms with E-state index < -0.39 is 0 Å². The van der Waals surface area contributed by atoms with Gasteiger partial charge in [-0.25, -0.2) is 0 Å². The lowest BCUT2D eigenvalue weighted by Gasteiger charge is -2.30. The molecule has 3 nitrogen and oxygen atoms in total. The van der Waals surface area contributed by atoms with E-state index in [1.54, 1.807) is 0 Å². The van der Waals surface area contributed by atoms with E-state index in [0.717, 1.165) is 18.5 Å². The SMILES string of the molecule is CCC1CN(C)CCCN1CCNC(C)CCC(C)C. The first-order valence-electron chi connectivity index (χ1n) is 8.68. The molecule has 0 aromatic heterocycles. The summed E-state index contributed by atoms with van der Waals surface area (Å²) in [5.74, 6) is 0.824. The molecule has 1 aliphatic rings. The first-order valence-corrected chi connectivity index (χ1v) is 8.68. The van der Waals surface area contributed by atoms with Crippen molar-refractivity contribution in [3.05, 3.63) is 0 Å². The fourth-order valence-corrected chi connectivity index (χ4v) is 3.11. The highest BCUT2D eigenvalue weighted by Gasteiger charge is 2.21. The summed E-state index contributed by atoms with van der Waals surface area (Å²) in [7, 11) is 2.26. The topological polar surface area (TPSA) is 18.5 Å². The molecule has 0 aromatic rings. The number of likely N-dealkylation sites (N-methyl/N-ethyl adjacent to an activating group) is 1. The highest BCUT2D eigenvalue weighted by molar-refractivity contribution is 4.78. The third-order valence-electron chi connectivity index (χ3n) is 4.56. The fraction of sp³-hybridized carbons (Fsp3) is 1.00. The number of hydrogen-bond acceptors (Lipinski definition) is 3. The molecule has 1 saturated heterocycles. The van der Waals surface area contributed by atoms with Crippen LogP contribution in [-0.4, -0.2) is 61.7 Å². The molecule has 1 N–H and O–H groups in total. The van der Waals surface area contributed by atoms with Crippen molar-refractivity contribution in [2.24, 2.45) is 5.92 Å². The van der Waals surface area contributed by atoms with Gasteiger partial charge in [0.1, 0.15) is 0 Å². The van der Waals surface area contributed by atoms with Crippen molar-refractivity contribution in [2.75, 3.05) is 39.8 Å². The molecule has 3 heteroatoms. The van der Waals surface area contributed by atoms with Gasteiger partial charge in [0.2, 0.25) is 0 Å². The Bertz CT molecular complexity index is 242. The molecule has 0 radical (unpaired) electrons. The second-order valence-corrected chi connectivity index (χ2v) is 7.04. The van der Waals surface area contributed by atoms with Gasteiger partial charge in [-0.05, 0) is 58.7 Å². The molecule has 1 aliphatic heterocycles. The molecule has 120 valence electrons. The van der Waals surface area contributed by atoms with Crippen LogP contribution in [0.2, 0.25) is 0 Å². The maximum Gasteiger partial charge on any atom is 0.0220 e. The summed E-state index contributed by atoms with van der Waals surface area (Å²) in [5, 5.41) is 3.71. The molecule has 1 rings (SSSR count). The molecule has 0 saturated carbocycles. The van der Waals surface area contributed by atoms with Gasteiger partial charge in [-0.2, -0.15) is 0 Å². The van der Waals surface area contributed by atoms with Gasteiger partial charge in [-0.3, -0.25) is 4.90 Å². The maximum atomic E-state index is 3.71. The molecule has 1 fully saturated rings. The standard InChI is InChI=1S/C17H37N3/c1-6-17-14-19(5)11-7-12-20(17)13-10-18-16(4)9-8-15(2)3/h15-18H,6-14H2,1-5H3. The van der Waals surface area contributed by atoms with Crippen LogP contribution < -0.4 is 5.32 Å². The van der Waals surface area contributed by atoms with Crippen molar-refractivity contribution in [2.45, 2.75) is 65.5 Å². The monoisotopic (exact) mass is 283 g/mol. The molecular weight excluding hydrogens is 246 g/mol. The van der Waals surface area contributed by atoms with Gasteiger partial charge in [0.25, 0.3) is 0 Å². The van der Waals surface area contributed by atoms with Crippen LogP contribution in [0.5, 0.6) is 0 Å². The number of nitrogens with zero attached hydrogens (tertiary/aromatic N) is 2. The molecule has 20 heavy (non-hydrogen) atoms. The van der Waals surface area contributed by atoms with Crippen molar-refractivity contribution in [1.29, 1.82) is 0 Å². The van der Waals surface area contributed by atoms with E-state index in [2.05, 4.69) is 49.9 Å². The lowest BCUT2D eigenvalue weighted by Crippen LogP contribution is -2.44. The minimum atomic E-state index is 0.659. The van der Waals surface area contributed by atoms with Crippen LogP contribution in [0, 0.1) is 5.92 Å². The quantitative estimate of drug-likeness (QED) is 0.739. The second kappa shape index (κ2) is 9.75. The van der Waals surface area contributed by atoms with Crippen LogP contribution in [0.25, 0.3) is 0 Å². The summed E-state index contributed by atoms with van der Waals surface area (Å²) < 4.78 is 0. The number of nitrogens with one attached hydrogen (secondary N) is 1. The highest BCUT2D eigenvalue weighted by Crippen LogP contribution is 2.11. The summed E-state index contributed by atoms with van der Waals surface area (Å²) in [6.07, 6.45) is 5.22. The van der Waals surface area contributed by atoms with Crippen LogP contribution in [0.4, 0.5) is 0 Å². The second-order valence-electron chi connectivity index (χ2n) is 7.04. The highest BCUT2D eigenvalue weighted by atomic mass is 15.2. The summed E-state index contributed by atoms with van der Waals surface area (Å²) in [6, 6.07) is 1.40. The molecule has 1 heterocycles. The van der Waals surface area contributed by atoms with Gasteiger partial charge >= 0.3 is 0 Å². The fourth-order valence-electron chi connectivity index (χ4n) is 3.11. The summed E-state index contributed by atoms with van der Waals surface area (Å²) in [4.78, 5) is 5.19. The molecule has 0 spiro atoms. The van der Waals surface area contributed by atoms with E-state index in [1.165, 1.54) is 51.9 Å². The van der Waals surface area contributed by atoms with E-state index in [9.17, 15) is 0 Å². The predicted molar refractivity (Wildman–Crippen MR) is 89.3 cm³/mol. The Morgan fingerprint density at radius 2 is 1.90 bits per heavy atom. The van der Waals surface area contributed by atoms with Gasteiger partial charge in [-0.1, -0.05) is 20.8 Å². The van der Waals surface area contributed by atoms with Crippen molar-refractivity contribution < 1.29 is 0 Å². The largest absolute Gasteiger partial charge is 0.313 e. The first kappa shape index (κ1) is 17.9. The van der Waals surface area contributed by atoms with Gasteiger partial charge in [-0.15, -0.1) is 0 Å². The molecular formula is C17H37N3. The minimum Gasteiger partial charge on any atom is -0.313 e. The van der Waals surface area contributed by atoms with Gasteiger partial charge in [0.15, 0.2) is 0 Å². The zero-order valence-electron chi connectivity index (χ0n) is 14.5. The van der Waals surface area contributed by atoms with E-state index in [-0.39, 0.29) is 0 Å². The zero-order chi connectivity index (χ0) is 15.0. The molecule has 2 unspecified atom stereocenters. The lowest BCUT2D eigenvalue weighted by atomic mass is 10.0. The molecule has 0 bridgehead atoms. The number of rotatable bonds is 8. The van der Waals surface area contributed by atoms with Crippen molar-refractivity contribution in [3.8, 4) is 0 Å². The average molecular weight is 284 g/mol. The summed E-state index contributed by atoms with van der Waals surface area (Å²) >= 11 is 0. The Labute approximate surface area is 127 Å². The normalized spacial score (nSPS) is 24.0. The molecule has 0 aliphatic carbocycles. The molecule has 0 amide bonds. The van der Waals surface area contributed by atoms with E-state index in [4.69, 9.17) is 0 Å². The Balaban J connectivity index is 2.24. The average Bonchev–Trinajstić information content (AvgIpc) is 2.58. The lowest BCUT2D eigenvalue weighted by molar-refractivity contribution is 0.182. The summed E-state index contributed by atoms with van der Waals surface area (Å²) in [6.45, 7) is 15.4. The smallest absolute Gasteiger partial charge is 0.0220 e. The maximum absolute atomic E-state index is 3.71. The Hall–Kier alpha value is -0.120. The van der Waals surface area contributed by atoms with Gasteiger partial charge in [0, 0.05) is 31.7 Å². The Morgan fingerprint density at radius 1 is 1.15 bits per heavy atom. The van der Waals surface area contributed by atoms with Gasteiger partial charge in [0.05, 0.1) is 0 Å². The van der Waals surface area contributed by atoms with Crippen LogP contribution in [-0.2, 0) is 0 Å². The van der Waals surface area contributed by atoms with E-state index >= 15 is 0 Å². The van der Waals surface area contributed by atoms with E-state index in [0.29, 0.717) is 6.04 Å². The molecule has 2 atom stereocenters. The third kappa shape index (κ3) is 7.05. The van der Waals surface area contributed by atoms with Crippen LogP contribution in [0.3, 0.4) is 0 Å². The first-order chi connectivity index (χ1) is 9.52. The Kier molecular flexibility index (Phi) is 8.74. The van der Waals surface area contributed by atoms with Gasteiger partial charge < -0.3 is 10.2 Å². The van der Waals surface area contributed by atoms with Crippen molar-refractivity contribution in [1.82, 2.24) is 15.1 Å². The van der Waals surface area contributed by atoms with Crippen LogP contribution >= 0.6 is 0 Å².